The highest BCUT2D eigenvalue weighted by molar-refractivity contribution is 7.91. The fourth-order valence-electron chi connectivity index (χ4n) is 6.11. The summed E-state index contributed by atoms with van der Waals surface area (Å²) in [6.45, 7) is 3.87. The van der Waals surface area contributed by atoms with Crippen LogP contribution in [0.25, 0.3) is 0 Å². The standard InChI is InChI=1S/C26H35N5O5S/c1-37(34,35)16-22(32)27-24-23-21(29-31(24)9-7-17-2-3-17)15-26(28-25(23)33)8-6-18-14-19(4-5-20(18)26)30-10-12-36-13-11-30/h4-5,14,17,25,28,33H,2-3,6-13,15-16H2,1H3,(H,27,32)/t25?,26-/m1/s1. The van der Waals surface area contributed by atoms with Gasteiger partial charge in [-0.25, -0.2) is 13.1 Å². The van der Waals surface area contributed by atoms with Gasteiger partial charge >= 0.3 is 0 Å². The lowest BCUT2D eigenvalue weighted by atomic mass is 9.82. The number of sulfone groups is 1. The molecule has 1 spiro atoms. The van der Waals surface area contributed by atoms with Crippen LogP contribution in [-0.2, 0) is 44.3 Å². The van der Waals surface area contributed by atoms with E-state index in [2.05, 4.69) is 33.7 Å². The molecule has 1 amide bonds. The molecule has 11 heteroatoms. The van der Waals surface area contributed by atoms with Gasteiger partial charge in [0.15, 0.2) is 9.84 Å². The number of carbonyl (C=O) groups is 1. The van der Waals surface area contributed by atoms with Crippen LogP contribution in [0.1, 0.15) is 54.3 Å². The molecule has 37 heavy (non-hydrogen) atoms. The Morgan fingerprint density at radius 2 is 2.08 bits per heavy atom. The molecule has 2 aliphatic carbocycles. The third kappa shape index (κ3) is 5.01. The SMILES string of the molecule is CS(=O)(=O)CC(=O)Nc1c2c(nn1CCC1CC1)C[C@@]1(CCc3cc(N4CCOCC4)ccc31)NC2O. The number of rotatable bonds is 7. The second kappa shape index (κ2) is 9.37. The summed E-state index contributed by atoms with van der Waals surface area (Å²) in [6, 6.07) is 6.60. The molecule has 1 unspecified atom stereocenters. The van der Waals surface area contributed by atoms with Crippen LogP contribution in [0.2, 0.25) is 0 Å². The van der Waals surface area contributed by atoms with Gasteiger partial charge in [0.25, 0.3) is 0 Å². The minimum atomic E-state index is -3.48. The Morgan fingerprint density at radius 3 is 2.81 bits per heavy atom. The maximum absolute atomic E-state index is 12.6. The zero-order valence-corrected chi connectivity index (χ0v) is 22.0. The van der Waals surface area contributed by atoms with Crippen LogP contribution in [0.3, 0.4) is 0 Å². The number of morpholine rings is 1. The molecule has 2 fully saturated rings. The van der Waals surface area contributed by atoms with Gasteiger partial charge in [0.05, 0.1) is 30.0 Å². The number of fused-ring (bicyclic) bond motifs is 3. The molecule has 10 nitrogen and oxygen atoms in total. The van der Waals surface area contributed by atoms with Crippen molar-refractivity contribution in [2.45, 2.75) is 56.8 Å². The van der Waals surface area contributed by atoms with Crippen LogP contribution >= 0.6 is 0 Å². The van der Waals surface area contributed by atoms with Crippen molar-refractivity contribution in [2.75, 3.05) is 48.5 Å². The second-order valence-corrected chi connectivity index (χ2v) is 13.2. The molecule has 1 saturated carbocycles. The highest BCUT2D eigenvalue weighted by Crippen LogP contribution is 2.47. The zero-order chi connectivity index (χ0) is 25.8. The number of hydrogen-bond acceptors (Lipinski definition) is 8. The van der Waals surface area contributed by atoms with Crippen molar-refractivity contribution in [2.24, 2.45) is 5.92 Å². The van der Waals surface area contributed by atoms with Gasteiger partial charge in [0.2, 0.25) is 5.91 Å². The number of anilines is 2. The van der Waals surface area contributed by atoms with Gasteiger partial charge in [0, 0.05) is 38.0 Å². The number of hydrogen-bond donors (Lipinski definition) is 3. The molecular formula is C26H35N5O5S. The maximum atomic E-state index is 12.6. The molecule has 2 aliphatic heterocycles. The van der Waals surface area contributed by atoms with Crippen LogP contribution in [0, 0.1) is 5.92 Å². The first-order chi connectivity index (χ1) is 17.7. The van der Waals surface area contributed by atoms with E-state index in [1.165, 1.54) is 29.7 Å². The zero-order valence-electron chi connectivity index (χ0n) is 21.2. The number of ether oxygens (including phenoxy) is 1. The average Bonchev–Trinajstić information content (AvgIpc) is 3.54. The minimum absolute atomic E-state index is 0.403. The molecule has 6 rings (SSSR count). The monoisotopic (exact) mass is 529 g/mol. The first-order valence-electron chi connectivity index (χ1n) is 13.2. The maximum Gasteiger partial charge on any atom is 0.240 e. The lowest BCUT2D eigenvalue weighted by Crippen LogP contribution is -2.48. The van der Waals surface area contributed by atoms with Crippen molar-refractivity contribution >= 4 is 27.2 Å². The molecule has 0 radical (unpaired) electrons. The Morgan fingerprint density at radius 1 is 1.30 bits per heavy atom. The highest BCUT2D eigenvalue weighted by atomic mass is 32.2. The van der Waals surface area contributed by atoms with Crippen LogP contribution in [0.5, 0.6) is 0 Å². The van der Waals surface area contributed by atoms with E-state index < -0.39 is 33.3 Å². The summed E-state index contributed by atoms with van der Waals surface area (Å²) < 4.78 is 30.6. The molecule has 1 aromatic heterocycles. The normalized spacial score (nSPS) is 25.2. The Bertz CT molecular complexity index is 1310. The van der Waals surface area contributed by atoms with E-state index in [0.717, 1.165) is 57.5 Å². The molecule has 2 aromatic rings. The molecule has 4 aliphatic rings. The molecule has 1 saturated heterocycles. The smallest absolute Gasteiger partial charge is 0.240 e. The summed E-state index contributed by atoms with van der Waals surface area (Å²) in [7, 11) is -3.48. The van der Waals surface area contributed by atoms with Crippen molar-refractivity contribution in [1.82, 2.24) is 15.1 Å². The summed E-state index contributed by atoms with van der Waals surface area (Å²) in [5.41, 5.74) is 4.53. The Kier molecular flexibility index (Phi) is 6.29. The predicted molar refractivity (Wildman–Crippen MR) is 139 cm³/mol. The predicted octanol–water partition coefficient (Wildman–Crippen LogP) is 1.48. The number of nitrogens with zero attached hydrogens (tertiary/aromatic N) is 3. The lowest BCUT2D eigenvalue weighted by Gasteiger charge is -2.38. The molecule has 3 heterocycles. The van der Waals surface area contributed by atoms with Crippen molar-refractivity contribution in [3.63, 3.8) is 0 Å². The van der Waals surface area contributed by atoms with Crippen LogP contribution in [0.15, 0.2) is 18.2 Å². The first kappa shape index (κ1) is 24.8. The van der Waals surface area contributed by atoms with Gasteiger partial charge in [-0.15, -0.1) is 0 Å². The third-order valence-electron chi connectivity index (χ3n) is 8.12. The number of aliphatic hydroxyl groups excluding tert-OH is 1. The molecule has 1 aromatic carbocycles. The lowest BCUT2D eigenvalue weighted by molar-refractivity contribution is -0.113. The number of aryl methyl sites for hydroxylation is 2. The minimum Gasteiger partial charge on any atom is -0.378 e. The Labute approximate surface area is 217 Å². The molecule has 0 bridgehead atoms. The van der Waals surface area contributed by atoms with Crippen LogP contribution in [-0.4, -0.2) is 67.5 Å². The third-order valence-corrected chi connectivity index (χ3v) is 8.91. The number of aromatic nitrogens is 2. The van der Waals surface area contributed by atoms with E-state index in [-0.39, 0.29) is 0 Å². The highest BCUT2D eigenvalue weighted by Gasteiger charge is 2.46. The van der Waals surface area contributed by atoms with E-state index >= 15 is 0 Å². The van der Waals surface area contributed by atoms with E-state index in [9.17, 15) is 18.3 Å². The van der Waals surface area contributed by atoms with Crippen LogP contribution < -0.4 is 15.5 Å². The Hall–Kier alpha value is -2.47. The van der Waals surface area contributed by atoms with E-state index in [1.807, 2.05) is 0 Å². The number of carbonyl (C=O) groups excluding carboxylic acids is 1. The quantitative estimate of drug-likeness (QED) is 0.493. The summed E-state index contributed by atoms with van der Waals surface area (Å²) in [5.74, 6) is -0.160. The van der Waals surface area contributed by atoms with Crippen molar-refractivity contribution in [1.29, 1.82) is 0 Å². The van der Waals surface area contributed by atoms with Gasteiger partial charge in [-0.3, -0.25) is 10.1 Å². The van der Waals surface area contributed by atoms with Gasteiger partial charge in [-0.2, -0.15) is 5.10 Å². The van der Waals surface area contributed by atoms with Gasteiger partial charge in [-0.1, -0.05) is 18.9 Å². The summed E-state index contributed by atoms with van der Waals surface area (Å²) in [4.78, 5) is 14.9. The molecular weight excluding hydrogens is 494 g/mol. The topological polar surface area (TPSA) is 126 Å². The molecule has 200 valence electrons. The number of nitrogens with one attached hydrogen (secondary N) is 2. The van der Waals surface area contributed by atoms with Crippen molar-refractivity contribution < 1.29 is 23.1 Å². The van der Waals surface area contributed by atoms with Gasteiger partial charge in [0.1, 0.15) is 17.8 Å². The summed E-state index contributed by atoms with van der Waals surface area (Å²) >= 11 is 0. The van der Waals surface area contributed by atoms with E-state index in [1.54, 1.807) is 4.68 Å². The molecule has 2 atom stereocenters. The van der Waals surface area contributed by atoms with Gasteiger partial charge in [-0.05, 0) is 48.4 Å². The number of aliphatic hydroxyl groups is 1. The Balaban J connectivity index is 1.30. The van der Waals surface area contributed by atoms with Crippen LogP contribution in [0.4, 0.5) is 11.5 Å². The second-order valence-electron chi connectivity index (χ2n) is 11.0. The largest absolute Gasteiger partial charge is 0.378 e. The van der Waals surface area contributed by atoms with Gasteiger partial charge < -0.3 is 20.1 Å². The number of amides is 1. The number of benzene rings is 1. The summed E-state index contributed by atoms with van der Waals surface area (Å²) in [6.07, 6.45) is 5.69. The fourth-order valence-corrected chi connectivity index (χ4v) is 6.66. The summed E-state index contributed by atoms with van der Waals surface area (Å²) in [5, 5.41) is 22.4. The van der Waals surface area contributed by atoms with Crippen molar-refractivity contribution in [3.05, 3.63) is 40.6 Å². The molecule has 3 N–H and O–H groups in total. The first-order valence-corrected chi connectivity index (χ1v) is 15.3. The van der Waals surface area contributed by atoms with E-state index in [4.69, 9.17) is 9.84 Å². The fraction of sp³-hybridized carbons (Fsp3) is 0.615. The van der Waals surface area contributed by atoms with Crippen molar-refractivity contribution in [3.8, 4) is 0 Å². The van der Waals surface area contributed by atoms with E-state index in [0.29, 0.717) is 30.3 Å². The average molecular weight is 530 g/mol.